The standard InChI is InChI=1S/C11H16ClN3O3S/c1-19(17,18)15-4-2-3-14-11(16)8-5-9(12)7-10(13)6-8/h5-7,15H,2-4,13H2,1H3,(H,14,16). The molecule has 0 bridgehead atoms. The maximum absolute atomic E-state index is 11.7. The Kier molecular flexibility index (Phi) is 5.59. The highest BCUT2D eigenvalue weighted by Gasteiger charge is 2.07. The van der Waals surface area contributed by atoms with E-state index in [1.54, 1.807) is 6.07 Å². The summed E-state index contributed by atoms with van der Waals surface area (Å²) in [4.78, 5) is 11.7. The van der Waals surface area contributed by atoms with E-state index < -0.39 is 10.0 Å². The lowest BCUT2D eigenvalue weighted by molar-refractivity contribution is 0.0953. The Balaban J connectivity index is 2.39. The first kappa shape index (κ1) is 15.7. The van der Waals surface area contributed by atoms with Crippen LogP contribution in [-0.4, -0.2) is 33.7 Å². The van der Waals surface area contributed by atoms with Crippen LogP contribution in [0.5, 0.6) is 0 Å². The maximum atomic E-state index is 11.7. The Morgan fingerprint density at radius 3 is 2.58 bits per heavy atom. The van der Waals surface area contributed by atoms with Crippen molar-refractivity contribution < 1.29 is 13.2 Å². The lowest BCUT2D eigenvalue weighted by Crippen LogP contribution is -2.29. The van der Waals surface area contributed by atoms with E-state index in [1.165, 1.54) is 12.1 Å². The first-order valence-corrected chi connectivity index (χ1v) is 7.84. The summed E-state index contributed by atoms with van der Waals surface area (Å²) in [5.74, 6) is -0.298. The van der Waals surface area contributed by atoms with Crippen molar-refractivity contribution in [1.29, 1.82) is 0 Å². The highest BCUT2D eigenvalue weighted by molar-refractivity contribution is 7.88. The van der Waals surface area contributed by atoms with Crippen molar-refractivity contribution in [3.05, 3.63) is 28.8 Å². The summed E-state index contributed by atoms with van der Waals surface area (Å²) in [5.41, 5.74) is 6.37. The van der Waals surface area contributed by atoms with Crippen LogP contribution < -0.4 is 15.8 Å². The molecule has 0 fully saturated rings. The van der Waals surface area contributed by atoms with Gasteiger partial charge in [0.25, 0.3) is 5.91 Å². The van der Waals surface area contributed by atoms with E-state index in [2.05, 4.69) is 10.0 Å². The molecule has 1 rings (SSSR count). The molecule has 1 aromatic carbocycles. The van der Waals surface area contributed by atoms with Crippen LogP contribution in [0.4, 0.5) is 5.69 Å². The third kappa shape index (κ3) is 6.42. The molecule has 1 aromatic rings. The van der Waals surface area contributed by atoms with Gasteiger partial charge in [0.2, 0.25) is 10.0 Å². The minimum absolute atomic E-state index is 0.275. The van der Waals surface area contributed by atoms with Crippen molar-refractivity contribution in [2.75, 3.05) is 25.1 Å². The van der Waals surface area contributed by atoms with Crippen molar-refractivity contribution in [3.8, 4) is 0 Å². The van der Waals surface area contributed by atoms with Crippen LogP contribution in [0.25, 0.3) is 0 Å². The van der Waals surface area contributed by atoms with Gasteiger partial charge in [-0.15, -0.1) is 0 Å². The van der Waals surface area contributed by atoms with Crippen molar-refractivity contribution in [3.63, 3.8) is 0 Å². The molecule has 1 amide bonds. The topological polar surface area (TPSA) is 101 Å². The zero-order valence-electron chi connectivity index (χ0n) is 10.4. The molecule has 0 aromatic heterocycles. The summed E-state index contributed by atoms with van der Waals surface area (Å²) in [6.07, 6.45) is 1.58. The maximum Gasteiger partial charge on any atom is 0.251 e. The third-order valence-corrected chi connectivity index (χ3v) is 3.13. The molecule has 0 aliphatic heterocycles. The first-order valence-electron chi connectivity index (χ1n) is 5.57. The van der Waals surface area contributed by atoms with Gasteiger partial charge in [0.15, 0.2) is 0 Å². The number of nitrogens with one attached hydrogen (secondary N) is 2. The second kappa shape index (κ2) is 6.74. The van der Waals surface area contributed by atoms with E-state index in [9.17, 15) is 13.2 Å². The smallest absolute Gasteiger partial charge is 0.251 e. The fourth-order valence-corrected chi connectivity index (χ4v) is 2.15. The normalized spacial score (nSPS) is 11.3. The molecule has 106 valence electrons. The number of halogens is 1. The minimum Gasteiger partial charge on any atom is -0.399 e. The second-order valence-electron chi connectivity index (χ2n) is 4.05. The van der Waals surface area contributed by atoms with Gasteiger partial charge in [-0.05, 0) is 24.6 Å². The van der Waals surface area contributed by atoms with Crippen LogP contribution in [-0.2, 0) is 10.0 Å². The molecular weight excluding hydrogens is 290 g/mol. The highest BCUT2D eigenvalue weighted by Crippen LogP contribution is 2.16. The number of hydrogen-bond acceptors (Lipinski definition) is 4. The van der Waals surface area contributed by atoms with Crippen LogP contribution >= 0.6 is 11.6 Å². The van der Waals surface area contributed by atoms with Gasteiger partial charge in [-0.2, -0.15) is 0 Å². The molecule has 19 heavy (non-hydrogen) atoms. The Morgan fingerprint density at radius 2 is 2.00 bits per heavy atom. The SMILES string of the molecule is CS(=O)(=O)NCCCNC(=O)c1cc(N)cc(Cl)c1. The average Bonchev–Trinajstić information content (AvgIpc) is 2.25. The molecule has 0 saturated heterocycles. The molecule has 6 nitrogen and oxygen atoms in total. The zero-order valence-corrected chi connectivity index (χ0v) is 12.0. The fraction of sp³-hybridized carbons (Fsp3) is 0.364. The van der Waals surface area contributed by atoms with Crippen molar-refractivity contribution in [2.45, 2.75) is 6.42 Å². The molecule has 0 unspecified atom stereocenters. The predicted octanol–water partition coefficient (Wildman–Crippen LogP) is 0.591. The molecule has 0 heterocycles. The Bertz CT molecular complexity index is 540. The van der Waals surface area contributed by atoms with Gasteiger partial charge in [-0.25, -0.2) is 13.1 Å². The van der Waals surface area contributed by atoms with Crippen LogP contribution in [0, 0.1) is 0 Å². The van der Waals surface area contributed by atoms with Gasteiger partial charge in [0, 0.05) is 29.4 Å². The quantitative estimate of drug-likeness (QED) is 0.529. The number of rotatable bonds is 6. The molecule has 0 atom stereocenters. The second-order valence-corrected chi connectivity index (χ2v) is 6.32. The molecule has 8 heteroatoms. The number of carbonyl (C=O) groups is 1. The number of nitrogens with two attached hydrogens (primary N) is 1. The van der Waals surface area contributed by atoms with E-state index in [1.807, 2.05) is 0 Å². The largest absolute Gasteiger partial charge is 0.399 e. The molecule has 0 spiro atoms. The first-order chi connectivity index (χ1) is 8.78. The van der Waals surface area contributed by atoms with Crippen LogP contribution in [0.2, 0.25) is 5.02 Å². The highest BCUT2D eigenvalue weighted by atomic mass is 35.5. The van der Waals surface area contributed by atoms with Gasteiger partial charge < -0.3 is 11.1 Å². The summed E-state index contributed by atoms with van der Waals surface area (Å²) in [5, 5.41) is 3.04. The van der Waals surface area contributed by atoms with Crippen molar-refractivity contribution in [2.24, 2.45) is 0 Å². The van der Waals surface area contributed by atoms with Crippen LogP contribution in [0.1, 0.15) is 16.8 Å². The number of amides is 1. The molecular formula is C11H16ClN3O3S. The molecule has 0 saturated carbocycles. The molecule has 0 radical (unpaired) electrons. The Morgan fingerprint density at radius 1 is 1.32 bits per heavy atom. The van der Waals surface area contributed by atoms with Gasteiger partial charge in [0.1, 0.15) is 0 Å². The lowest BCUT2D eigenvalue weighted by Gasteiger charge is -2.07. The van der Waals surface area contributed by atoms with E-state index >= 15 is 0 Å². The lowest BCUT2D eigenvalue weighted by atomic mass is 10.2. The van der Waals surface area contributed by atoms with Crippen LogP contribution in [0.3, 0.4) is 0 Å². The van der Waals surface area contributed by atoms with E-state index in [-0.39, 0.29) is 12.5 Å². The number of carbonyl (C=O) groups excluding carboxylic acids is 1. The number of anilines is 1. The third-order valence-electron chi connectivity index (χ3n) is 2.19. The van der Waals surface area contributed by atoms with Gasteiger partial charge in [-0.3, -0.25) is 4.79 Å². The number of nitrogen functional groups attached to an aromatic ring is 1. The van der Waals surface area contributed by atoms with E-state index in [0.717, 1.165) is 6.26 Å². The predicted molar refractivity (Wildman–Crippen MR) is 75.7 cm³/mol. The summed E-state index contributed by atoms with van der Waals surface area (Å²) in [6, 6.07) is 4.59. The summed E-state index contributed by atoms with van der Waals surface area (Å²) in [7, 11) is -3.18. The Hall–Kier alpha value is -1.31. The number of benzene rings is 1. The average molecular weight is 306 g/mol. The molecule has 0 aliphatic rings. The molecule has 4 N–H and O–H groups in total. The van der Waals surface area contributed by atoms with Gasteiger partial charge >= 0.3 is 0 Å². The van der Waals surface area contributed by atoms with E-state index in [0.29, 0.717) is 29.2 Å². The number of sulfonamides is 1. The van der Waals surface area contributed by atoms with Crippen molar-refractivity contribution in [1.82, 2.24) is 10.0 Å². The minimum atomic E-state index is -3.18. The fourth-order valence-electron chi connectivity index (χ4n) is 1.39. The van der Waals surface area contributed by atoms with Gasteiger partial charge in [-0.1, -0.05) is 11.6 Å². The van der Waals surface area contributed by atoms with Crippen molar-refractivity contribution >= 4 is 33.2 Å². The summed E-state index contributed by atoms with van der Waals surface area (Å²) >= 11 is 5.79. The van der Waals surface area contributed by atoms with Crippen LogP contribution in [0.15, 0.2) is 18.2 Å². The van der Waals surface area contributed by atoms with E-state index in [4.69, 9.17) is 17.3 Å². The molecule has 0 aliphatic carbocycles. The monoisotopic (exact) mass is 305 g/mol. The zero-order chi connectivity index (χ0) is 14.5. The summed E-state index contributed by atoms with van der Waals surface area (Å²) in [6.45, 7) is 0.630. The summed E-state index contributed by atoms with van der Waals surface area (Å²) < 4.78 is 23.9. The van der Waals surface area contributed by atoms with Gasteiger partial charge in [0.05, 0.1) is 6.26 Å². The Labute approximate surface area is 117 Å². The number of hydrogen-bond donors (Lipinski definition) is 3.